The SMILES string of the molecule is Cc1cc(NC(=O)C2CCC(C(=O)N3CCc4ccccc4C3)CC2)no1. The highest BCUT2D eigenvalue weighted by Crippen LogP contribution is 2.32. The lowest BCUT2D eigenvalue weighted by atomic mass is 9.80. The van der Waals surface area contributed by atoms with Gasteiger partial charge in [0.25, 0.3) is 0 Å². The monoisotopic (exact) mass is 367 g/mol. The first-order valence-corrected chi connectivity index (χ1v) is 9.70. The third-order valence-electron chi connectivity index (χ3n) is 5.77. The van der Waals surface area contributed by atoms with Crippen LogP contribution < -0.4 is 5.32 Å². The van der Waals surface area contributed by atoms with Crippen molar-refractivity contribution in [3.63, 3.8) is 0 Å². The number of aromatic nitrogens is 1. The number of carbonyl (C=O) groups is 2. The van der Waals surface area contributed by atoms with Crippen molar-refractivity contribution in [2.75, 3.05) is 11.9 Å². The molecule has 2 aromatic rings. The van der Waals surface area contributed by atoms with Gasteiger partial charge in [-0.3, -0.25) is 9.59 Å². The van der Waals surface area contributed by atoms with Crippen LogP contribution in [0.25, 0.3) is 0 Å². The van der Waals surface area contributed by atoms with Crippen molar-refractivity contribution in [2.45, 2.75) is 45.6 Å². The van der Waals surface area contributed by atoms with E-state index in [0.717, 1.165) is 38.6 Å². The molecular formula is C21H25N3O3. The maximum Gasteiger partial charge on any atom is 0.228 e. The Labute approximate surface area is 158 Å². The fourth-order valence-corrected chi connectivity index (χ4v) is 4.20. The van der Waals surface area contributed by atoms with E-state index in [1.54, 1.807) is 13.0 Å². The normalized spacial score (nSPS) is 22.2. The average molecular weight is 367 g/mol. The largest absolute Gasteiger partial charge is 0.360 e. The summed E-state index contributed by atoms with van der Waals surface area (Å²) in [5.41, 5.74) is 2.61. The summed E-state index contributed by atoms with van der Waals surface area (Å²) in [7, 11) is 0. The Kier molecular flexibility index (Phi) is 4.97. The molecule has 0 bridgehead atoms. The summed E-state index contributed by atoms with van der Waals surface area (Å²) in [6.45, 7) is 3.29. The third-order valence-corrected chi connectivity index (χ3v) is 5.77. The minimum absolute atomic E-state index is 0.0268. The van der Waals surface area contributed by atoms with Gasteiger partial charge in [0.15, 0.2) is 5.82 Å². The van der Waals surface area contributed by atoms with E-state index in [1.165, 1.54) is 11.1 Å². The highest BCUT2D eigenvalue weighted by atomic mass is 16.5. The van der Waals surface area contributed by atoms with Crippen LogP contribution in [0.5, 0.6) is 0 Å². The molecule has 4 rings (SSSR count). The fourth-order valence-electron chi connectivity index (χ4n) is 4.20. The van der Waals surface area contributed by atoms with Gasteiger partial charge in [0.1, 0.15) is 5.76 Å². The highest BCUT2D eigenvalue weighted by molar-refractivity contribution is 5.92. The van der Waals surface area contributed by atoms with Crippen LogP contribution in [0.1, 0.15) is 42.6 Å². The smallest absolute Gasteiger partial charge is 0.228 e. The zero-order chi connectivity index (χ0) is 18.8. The number of nitrogens with one attached hydrogen (secondary N) is 1. The van der Waals surface area contributed by atoms with Gasteiger partial charge in [-0.15, -0.1) is 0 Å². The first kappa shape index (κ1) is 17.8. The van der Waals surface area contributed by atoms with Crippen molar-refractivity contribution in [2.24, 2.45) is 11.8 Å². The molecule has 0 saturated heterocycles. The Bertz CT molecular complexity index is 837. The van der Waals surface area contributed by atoms with Crippen LogP contribution in [-0.2, 0) is 22.6 Å². The summed E-state index contributed by atoms with van der Waals surface area (Å²) in [5.74, 6) is 1.32. The second-order valence-corrected chi connectivity index (χ2v) is 7.64. The molecule has 0 spiro atoms. The maximum absolute atomic E-state index is 12.9. The molecule has 1 N–H and O–H groups in total. The number of amides is 2. The molecule has 6 nitrogen and oxygen atoms in total. The van der Waals surface area contributed by atoms with Crippen LogP contribution in [0.15, 0.2) is 34.9 Å². The number of anilines is 1. The molecule has 1 aromatic carbocycles. The predicted octanol–water partition coefficient (Wildman–Crippen LogP) is 3.31. The van der Waals surface area contributed by atoms with Crippen LogP contribution in [0.4, 0.5) is 5.82 Å². The summed E-state index contributed by atoms with van der Waals surface area (Å²) < 4.78 is 4.98. The van der Waals surface area contributed by atoms with Gasteiger partial charge in [-0.25, -0.2) is 0 Å². The molecule has 2 amide bonds. The van der Waals surface area contributed by atoms with Gasteiger partial charge in [-0.05, 0) is 50.2 Å². The number of hydrogen-bond acceptors (Lipinski definition) is 4. The number of rotatable bonds is 3. The van der Waals surface area contributed by atoms with E-state index < -0.39 is 0 Å². The number of fused-ring (bicyclic) bond motifs is 1. The lowest BCUT2D eigenvalue weighted by Gasteiger charge is -2.34. The highest BCUT2D eigenvalue weighted by Gasteiger charge is 2.33. The van der Waals surface area contributed by atoms with Gasteiger partial charge in [-0.1, -0.05) is 29.4 Å². The van der Waals surface area contributed by atoms with Crippen LogP contribution in [0, 0.1) is 18.8 Å². The second kappa shape index (κ2) is 7.55. The number of carbonyl (C=O) groups excluding carboxylic acids is 2. The van der Waals surface area contributed by atoms with Gasteiger partial charge >= 0.3 is 0 Å². The number of hydrogen-bond donors (Lipinski definition) is 1. The third kappa shape index (κ3) is 3.89. The van der Waals surface area contributed by atoms with Gasteiger partial charge in [0, 0.05) is 31.0 Å². The Morgan fingerprint density at radius 2 is 1.81 bits per heavy atom. The number of aryl methyl sites for hydroxylation is 1. The first-order valence-electron chi connectivity index (χ1n) is 9.70. The van der Waals surface area contributed by atoms with Crippen molar-refractivity contribution in [1.29, 1.82) is 0 Å². The Morgan fingerprint density at radius 3 is 2.52 bits per heavy atom. The molecule has 0 unspecified atom stereocenters. The van der Waals surface area contributed by atoms with Crippen molar-refractivity contribution in [3.05, 3.63) is 47.2 Å². The summed E-state index contributed by atoms with van der Waals surface area (Å²) in [6.07, 6.45) is 3.95. The molecule has 1 aromatic heterocycles. The van der Waals surface area contributed by atoms with E-state index in [1.807, 2.05) is 11.0 Å². The molecule has 2 heterocycles. The molecule has 6 heteroatoms. The standard InChI is InChI=1S/C21H25N3O3/c1-14-12-19(23-27-14)22-20(25)16-6-8-17(9-7-16)21(26)24-11-10-15-4-2-3-5-18(15)13-24/h2-5,12,16-17H,6-11,13H2,1H3,(H,22,23,25). The topological polar surface area (TPSA) is 75.4 Å². The van der Waals surface area contributed by atoms with E-state index in [4.69, 9.17) is 4.52 Å². The summed E-state index contributed by atoms with van der Waals surface area (Å²) in [5, 5.41) is 6.62. The first-order chi connectivity index (χ1) is 13.1. The van der Waals surface area contributed by atoms with Crippen molar-refractivity contribution in [1.82, 2.24) is 10.1 Å². The summed E-state index contributed by atoms with van der Waals surface area (Å²) in [4.78, 5) is 27.3. The number of nitrogens with zero attached hydrogens (tertiary/aromatic N) is 2. The molecule has 1 aliphatic heterocycles. The summed E-state index contributed by atoms with van der Waals surface area (Å²) >= 11 is 0. The van der Waals surface area contributed by atoms with Gasteiger partial charge < -0.3 is 14.7 Å². The van der Waals surface area contributed by atoms with Gasteiger partial charge in [-0.2, -0.15) is 0 Å². The lowest BCUT2D eigenvalue weighted by molar-refractivity contribution is -0.138. The lowest BCUT2D eigenvalue weighted by Crippen LogP contribution is -2.41. The number of benzene rings is 1. The zero-order valence-electron chi connectivity index (χ0n) is 15.6. The zero-order valence-corrected chi connectivity index (χ0v) is 15.6. The minimum Gasteiger partial charge on any atom is -0.360 e. The van der Waals surface area contributed by atoms with Crippen molar-refractivity contribution in [3.8, 4) is 0 Å². The van der Waals surface area contributed by atoms with Gasteiger partial charge in [0.2, 0.25) is 11.8 Å². The molecule has 0 radical (unpaired) electrons. The minimum atomic E-state index is -0.0619. The Morgan fingerprint density at radius 1 is 1.11 bits per heavy atom. The van der Waals surface area contributed by atoms with E-state index in [2.05, 4.69) is 28.7 Å². The molecular weight excluding hydrogens is 342 g/mol. The van der Waals surface area contributed by atoms with E-state index in [9.17, 15) is 9.59 Å². The van der Waals surface area contributed by atoms with E-state index in [0.29, 0.717) is 18.1 Å². The maximum atomic E-state index is 12.9. The van der Waals surface area contributed by atoms with Crippen LogP contribution in [0.2, 0.25) is 0 Å². The van der Waals surface area contributed by atoms with E-state index >= 15 is 0 Å². The van der Waals surface area contributed by atoms with Crippen LogP contribution in [-0.4, -0.2) is 28.4 Å². The van der Waals surface area contributed by atoms with Crippen molar-refractivity contribution < 1.29 is 14.1 Å². The van der Waals surface area contributed by atoms with E-state index in [-0.39, 0.29) is 23.7 Å². The molecule has 1 fully saturated rings. The average Bonchev–Trinajstić information content (AvgIpc) is 3.11. The molecule has 0 atom stereocenters. The molecule has 2 aliphatic rings. The predicted molar refractivity (Wildman–Crippen MR) is 101 cm³/mol. The second-order valence-electron chi connectivity index (χ2n) is 7.64. The van der Waals surface area contributed by atoms with Gasteiger partial charge in [0.05, 0.1) is 0 Å². The molecule has 27 heavy (non-hydrogen) atoms. The van der Waals surface area contributed by atoms with Crippen LogP contribution >= 0.6 is 0 Å². The fraction of sp³-hybridized carbons (Fsp3) is 0.476. The van der Waals surface area contributed by atoms with Crippen LogP contribution in [0.3, 0.4) is 0 Å². The Balaban J connectivity index is 1.30. The summed E-state index contributed by atoms with van der Waals surface area (Å²) in [6, 6.07) is 10.1. The quantitative estimate of drug-likeness (QED) is 0.903. The molecule has 1 saturated carbocycles. The van der Waals surface area contributed by atoms with Crippen molar-refractivity contribution >= 4 is 17.6 Å². The molecule has 142 valence electrons. The Hall–Kier alpha value is -2.63. The molecule has 1 aliphatic carbocycles.